The second kappa shape index (κ2) is 10.3. The first-order valence-corrected chi connectivity index (χ1v) is 9.10. The summed E-state index contributed by atoms with van der Waals surface area (Å²) in [6, 6.07) is 6.80. The molecular weight excluding hydrogens is 348 g/mol. The molecule has 0 aromatic heterocycles. The Bertz CT molecular complexity index is 683. The first-order chi connectivity index (χ1) is 13.0. The van der Waals surface area contributed by atoms with Gasteiger partial charge in [-0.3, -0.25) is 14.4 Å². The zero-order chi connectivity index (χ0) is 19.6. The number of ether oxygens (including phenoxy) is 1. The Hall–Kier alpha value is -2.90. The number of benzene rings is 1. The van der Waals surface area contributed by atoms with E-state index in [2.05, 4.69) is 15.7 Å². The average molecular weight is 374 g/mol. The number of amides is 2. The molecule has 1 atom stereocenters. The van der Waals surface area contributed by atoms with Gasteiger partial charge in [0, 0.05) is 24.6 Å². The minimum absolute atomic E-state index is 0.0641. The molecule has 0 aliphatic heterocycles. The summed E-state index contributed by atoms with van der Waals surface area (Å²) in [5.41, 5.74) is 1.45. The smallest absolute Gasteiger partial charge is 0.307 e. The Kier molecular flexibility index (Phi) is 7.79. The molecule has 1 aromatic carbocycles. The summed E-state index contributed by atoms with van der Waals surface area (Å²) in [5, 5.41) is 9.03. The predicted octanol–water partition coefficient (Wildman–Crippen LogP) is 1.55. The molecule has 1 aliphatic rings. The zero-order valence-corrected chi connectivity index (χ0v) is 15.4. The van der Waals surface area contributed by atoms with E-state index in [-0.39, 0.29) is 43.1 Å². The average Bonchev–Trinajstić information content (AvgIpc) is 3.47. The van der Waals surface area contributed by atoms with Crippen molar-refractivity contribution in [1.82, 2.24) is 5.32 Å². The van der Waals surface area contributed by atoms with E-state index in [1.54, 1.807) is 31.2 Å². The fourth-order valence-electron chi connectivity index (χ4n) is 2.70. The van der Waals surface area contributed by atoms with Crippen LogP contribution in [0.3, 0.4) is 0 Å². The lowest BCUT2D eigenvalue weighted by atomic mass is 10.1. The Morgan fingerprint density at radius 3 is 2.48 bits per heavy atom. The summed E-state index contributed by atoms with van der Waals surface area (Å²) in [6.07, 6.45) is 3.80. The SMILES string of the molecule is CCOC(=O)CC(NC(=O)CCC(=O)Nc1ccc(C=NN)cc1)C1CC1. The number of carbonyl (C=O) groups is 3. The molecule has 0 bridgehead atoms. The Morgan fingerprint density at radius 2 is 1.89 bits per heavy atom. The zero-order valence-electron chi connectivity index (χ0n) is 15.4. The molecule has 4 N–H and O–H groups in total. The molecule has 1 aliphatic carbocycles. The number of esters is 1. The standard InChI is InChI=1S/C19H26N4O4/c1-2-27-19(26)11-16(14-5-6-14)23-18(25)10-9-17(24)22-15-7-3-13(4-8-15)12-21-20/h3-4,7-8,12,14,16H,2,5-6,9-11,20H2,1H3,(H,22,24)(H,23,25). The van der Waals surface area contributed by atoms with Crippen LogP contribution in [-0.2, 0) is 19.1 Å². The monoisotopic (exact) mass is 374 g/mol. The molecule has 1 saturated carbocycles. The number of hydrogen-bond acceptors (Lipinski definition) is 6. The maximum Gasteiger partial charge on any atom is 0.307 e. The highest BCUT2D eigenvalue weighted by Gasteiger charge is 2.34. The molecule has 1 unspecified atom stereocenters. The molecule has 0 radical (unpaired) electrons. The lowest BCUT2D eigenvalue weighted by molar-refractivity contribution is -0.144. The van der Waals surface area contributed by atoms with Gasteiger partial charge >= 0.3 is 5.97 Å². The Morgan fingerprint density at radius 1 is 1.22 bits per heavy atom. The van der Waals surface area contributed by atoms with E-state index in [0.29, 0.717) is 18.2 Å². The maximum atomic E-state index is 12.1. The summed E-state index contributed by atoms with van der Waals surface area (Å²) >= 11 is 0. The van der Waals surface area contributed by atoms with Crippen LogP contribution in [0.2, 0.25) is 0 Å². The first-order valence-electron chi connectivity index (χ1n) is 9.10. The van der Waals surface area contributed by atoms with Gasteiger partial charge in [-0.1, -0.05) is 12.1 Å². The number of rotatable bonds is 10. The van der Waals surface area contributed by atoms with Crippen molar-refractivity contribution in [3.63, 3.8) is 0 Å². The molecule has 8 heteroatoms. The third kappa shape index (κ3) is 7.47. The normalized spacial score (nSPS) is 14.6. The van der Waals surface area contributed by atoms with Gasteiger partial charge < -0.3 is 21.2 Å². The molecule has 1 aromatic rings. The fourth-order valence-corrected chi connectivity index (χ4v) is 2.70. The highest BCUT2D eigenvalue weighted by Crippen LogP contribution is 2.34. The lowest BCUT2D eigenvalue weighted by Gasteiger charge is -2.17. The maximum absolute atomic E-state index is 12.1. The molecule has 2 rings (SSSR count). The van der Waals surface area contributed by atoms with Gasteiger partial charge in [-0.15, -0.1) is 0 Å². The van der Waals surface area contributed by atoms with Crippen LogP contribution in [0.1, 0.15) is 44.6 Å². The first kappa shape index (κ1) is 20.4. The summed E-state index contributed by atoms with van der Waals surface area (Å²) in [7, 11) is 0. The van der Waals surface area contributed by atoms with Crippen LogP contribution < -0.4 is 16.5 Å². The van der Waals surface area contributed by atoms with E-state index >= 15 is 0 Å². The summed E-state index contributed by atoms with van der Waals surface area (Å²) in [5.74, 6) is 4.61. The number of nitrogens with zero attached hydrogens (tertiary/aromatic N) is 1. The van der Waals surface area contributed by atoms with Crippen LogP contribution in [0.5, 0.6) is 0 Å². The summed E-state index contributed by atoms with van der Waals surface area (Å²) in [4.78, 5) is 35.8. The van der Waals surface area contributed by atoms with Crippen LogP contribution in [0.25, 0.3) is 0 Å². The Balaban J connectivity index is 1.74. The molecular formula is C19H26N4O4. The van der Waals surface area contributed by atoms with Crippen molar-refractivity contribution in [2.45, 2.75) is 45.1 Å². The van der Waals surface area contributed by atoms with Crippen molar-refractivity contribution in [3.05, 3.63) is 29.8 Å². The number of nitrogens with two attached hydrogens (primary N) is 1. The third-order valence-electron chi connectivity index (χ3n) is 4.23. The highest BCUT2D eigenvalue weighted by atomic mass is 16.5. The van der Waals surface area contributed by atoms with Crippen LogP contribution in [0, 0.1) is 5.92 Å². The van der Waals surface area contributed by atoms with E-state index in [1.807, 2.05) is 0 Å². The number of hydrogen-bond donors (Lipinski definition) is 3. The minimum Gasteiger partial charge on any atom is -0.466 e. The molecule has 0 heterocycles. The Labute approximate surface area is 158 Å². The predicted molar refractivity (Wildman–Crippen MR) is 102 cm³/mol. The lowest BCUT2D eigenvalue weighted by Crippen LogP contribution is -2.38. The van der Waals surface area contributed by atoms with Gasteiger partial charge in [0.25, 0.3) is 0 Å². The molecule has 27 heavy (non-hydrogen) atoms. The van der Waals surface area contributed by atoms with Crippen molar-refractivity contribution in [2.75, 3.05) is 11.9 Å². The van der Waals surface area contributed by atoms with Crippen molar-refractivity contribution < 1.29 is 19.1 Å². The molecule has 0 spiro atoms. The van der Waals surface area contributed by atoms with Gasteiger partial charge in [0.1, 0.15) is 0 Å². The second-order valence-corrected chi connectivity index (χ2v) is 6.47. The van der Waals surface area contributed by atoms with Gasteiger partial charge in [0.05, 0.1) is 19.2 Å². The quantitative estimate of drug-likeness (QED) is 0.248. The summed E-state index contributed by atoms with van der Waals surface area (Å²) < 4.78 is 4.95. The van der Waals surface area contributed by atoms with Crippen LogP contribution in [0.4, 0.5) is 5.69 Å². The van der Waals surface area contributed by atoms with E-state index in [1.165, 1.54) is 6.21 Å². The van der Waals surface area contributed by atoms with Crippen LogP contribution >= 0.6 is 0 Å². The molecule has 8 nitrogen and oxygen atoms in total. The largest absolute Gasteiger partial charge is 0.466 e. The third-order valence-corrected chi connectivity index (χ3v) is 4.23. The van der Waals surface area contributed by atoms with E-state index in [0.717, 1.165) is 18.4 Å². The second-order valence-electron chi connectivity index (χ2n) is 6.47. The fraction of sp³-hybridized carbons (Fsp3) is 0.474. The number of anilines is 1. The molecule has 146 valence electrons. The van der Waals surface area contributed by atoms with Gasteiger partial charge in [-0.05, 0) is 43.4 Å². The van der Waals surface area contributed by atoms with Crippen LogP contribution in [0.15, 0.2) is 29.4 Å². The topological polar surface area (TPSA) is 123 Å². The summed E-state index contributed by atoms with van der Waals surface area (Å²) in [6.45, 7) is 2.07. The van der Waals surface area contributed by atoms with Crippen molar-refractivity contribution in [2.24, 2.45) is 16.9 Å². The van der Waals surface area contributed by atoms with E-state index < -0.39 is 0 Å². The number of carbonyl (C=O) groups excluding carboxylic acids is 3. The highest BCUT2D eigenvalue weighted by molar-refractivity contribution is 5.93. The number of hydrazone groups is 1. The molecule has 2 amide bonds. The van der Waals surface area contributed by atoms with Gasteiger partial charge in [0.2, 0.25) is 11.8 Å². The van der Waals surface area contributed by atoms with Crippen molar-refractivity contribution in [1.29, 1.82) is 0 Å². The molecule has 0 saturated heterocycles. The van der Waals surface area contributed by atoms with E-state index in [9.17, 15) is 14.4 Å². The van der Waals surface area contributed by atoms with Gasteiger partial charge in [-0.2, -0.15) is 5.10 Å². The minimum atomic E-state index is -0.310. The van der Waals surface area contributed by atoms with E-state index in [4.69, 9.17) is 10.6 Å². The number of nitrogens with one attached hydrogen (secondary N) is 2. The van der Waals surface area contributed by atoms with Gasteiger partial charge in [0.15, 0.2) is 0 Å². The van der Waals surface area contributed by atoms with Crippen molar-refractivity contribution >= 4 is 29.7 Å². The van der Waals surface area contributed by atoms with Crippen LogP contribution in [-0.4, -0.2) is 36.6 Å². The van der Waals surface area contributed by atoms with Gasteiger partial charge in [-0.25, -0.2) is 0 Å². The molecule has 1 fully saturated rings. The van der Waals surface area contributed by atoms with Crippen molar-refractivity contribution in [3.8, 4) is 0 Å².